The van der Waals surface area contributed by atoms with E-state index in [0.29, 0.717) is 0 Å². The third-order valence-electron chi connectivity index (χ3n) is 5.60. The van der Waals surface area contributed by atoms with Crippen molar-refractivity contribution < 1.29 is 28.6 Å². The molecule has 1 N–H and O–H groups in total. The Hall–Kier alpha value is -3.42. The van der Waals surface area contributed by atoms with Gasteiger partial charge >= 0.3 is 11.9 Å². The Morgan fingerprint density at radius 2 is 1.65 bits per heavy atom. The van der Waals surface area contributed by atoms with Crippen molar-refractivity contribution in [3.63, 3.8) is 0 Å². The SMILES string of the molecule is COc1ccnc(C(=O)NC(C)C(=O)OC(C)C(C)c2ccc(C)cc2C)c1OC(=O)C(C)C. The standard InChI is InChI=1S/C26H34N2O6/c1-14(2)25(30)34-23-21(32-8)11-12-27-22(23)24(29)28-18(6)26(31)33-19(7)17(5)20-10-9-15(3)13-16(20)4/h9-14,17-19H,1-8H3,(H,28,29). The maximum Gasteiger partial charge on any atom is 0.328 e. The number of esters is 2. The molecule has 1 aromatic carbocycles. The number of pyridine rings is 1. The van der Waals surface area contributed by atoms with Crippen molar-refractivity contribution in [2.24, 2.45) is 5.92 Å². The second-order valence-electron chi connectivity index (χ2n) is 8.75. The lowest BCUT2D eigenvalue weighted by Gasteiger charge is -2.24. The highest BCUT2D eigenvalue weighted by Crippen LogP contribution is 2.30. The third-order valence-corrected chi connectivity index (χ3v) is 5.60. The first kappa shape index (κ1) is 26.8. The van der Waals surface area contributed by atoms with E-state index in [2.05, 4.69) is 16.4 Å². The van der Waals surface area contributed by atoms with Crippen LogP contribution in [0, 0.1) is 19.8 Å². The van der Waals surface area contributed by atoms with Gasteiger partial charge in [-0.1, -0.05) is 44.5 Å². The van der Waals surface area contributed by atoms with E-state index >= 15 is 0 Å². The van der Waals surface area contributed by atoms with Crippen LogP contribution in [0.3, 0.4) is 0 Å². The van der Waals surface area contributed by atoms with E-state index < -0.39 is 35.9 Å². The van der Waals surface area contributed by atoms with Gasteiger partial charge in [-0.25, -0.2) is 9.78 Å². The van der Waals surface area contributed by atoms with Crippen LogP contribution in [-0.4, -0.2) is 42.1 Å². The van der Waals surface area contributed by atoms with E-state index in [1.807, 2.05) is 39.8 Å². The second-order valence-corrected chi connectivity index (χ2v) is 8.75. The van der Waals surface area contributed by atoms with Crippen LogP contribution in [0.15, 0.2) is 30.5 Å². The molecule has 34 heavy (non-hydrogen) atoms. The van der Waals surface area contributed by atoms with Crippen molar-refractivity contribution in [2.45, 2.75) is 66.5 Å². The van der Waals surface area contributed by atoms with Crippen molar-refractivity contribution in [1.29, 1.82) is 0 Å². The van der Waals surface area contributed by atoms with Gasteiger partial charge in [-0.05, 0) is 38.8 Å². The van der Waals surface area contributed by atoms with Gasteiger partial charge in [0, 0.05) is 18.2 Å². The Morgan fingerprint density at radius 3 is 2.24 bits per heavy atom. The predicted molar refractivity (Wildman–Crippen MR) is 128 cm³/mol. The second kappa shape index (κ2) is 11.6. The van der Waals surface area contributed by atoms with Crippen LogP contribution < -0.4 is 14.8 Å². The molecule has 8 heteroatoms. The fraction of sp³-hybridized carbons (Fsp3) is 0.462. The summed E-state index contributed by atoms with van der Waals surface area (Å²) in [7, 11) is 1.39. The van der Waals surface area contributed by atoms with Crippen molar-refractivity contribution in [2.75, 3.05) is 7.11 Å². The summed E-state index contributed by atoms with van der Waals surface area (Å²) in [6.45, 7) is 12.7. The molecular weight excluding hydrogens is 436 g/mol. The Bertz CT molecular complexity index is 1050. The molecule has 0 bridgehead atoms. The van der Waals surface area contributed by atoms with Crippen LogP contribution in [0.25, 0.3) is 0 Å². The quantitative estimate of drug-likeness (QED) is 0.550. The molecule has 184 valence electrons. The number of rotatable bonds is 9. The molecule has 1 heterocycles. The van der Waals surface area contributed by atoms with Crippen LogP contribution in [0.2, 0.25) is 0 Å². The van der Waals surface area contributed by atoms with Gasteiger partial charge in [-0.15, -0.1) is 0 Å². The number of hydrogen-bond donors (Lipinski definition) is 1. The van der Waals surface area contributed by atoms with E-state index in [1.54, 1.807) is 13.8 Å². The zero-order valence-electron chi connectivity index (χ0n) is 21.1. The molecule has 2 rings (SSSR count). The number of methoxy groups -OCH3 is 1. The molecule has 8 nitrogen and oxygen atoms in total. The topological polar surface area (TPSA) is 104 Å². The Morgan fingerprint density at radius 1 is 0.971 bits per heavy atom. The lowest BCUT2D eigenvalue weighted by Crippen LogP contribution is -2.41. The maximum atomic E-state index is 12.9. The number of benzene rings is 1. The molecule has 2 aromatic rings. The first-order valence-electron chi connectivity index (χ1n) is 11.3. The molecule has 0 saturated heterocycles. The van der Waals surface area contributed by atoms with Crippen molar-refractivity contribution in [3.05, 3.63) is 52.8 Å². The summed E-state index contributed by atoms with van der Waals surface area (Å²) in [4.78, 5) is 41.7. The maximum absolute atomic E-state index is 12.9. The first-order valence-corrected chi connectivity index (χ1v) is 11.3. The van der Waals surface area contributed by atoms with Crippen molar-refractivity contribution >= 4 is 17.8 Å². The third kappa shape index (κ3) is 6.56. The average molecular weight is 471 g/mol. The molecule has 0 fully saturated rings. The number of amides is 1. The van der Waals surface area contributed by atoms with E-state index in [1.165, 1.54) is 31.9 Å². The summed E-state index contributed by atoms with van der Waals surface area (Å²) in [6, 6.07) is 6.69. The van der Waals surface area contributed by atoms with Gasteiger partial charge in [-0.3, -0.25) is 9.59 Å². The van der Waals surface area contributed by atoms with Gasteiger partial charge in [0.1, 0.15) is 12.1 Å². The molecule has 0 radical (unpaired) electrons. The highest BCUT2D eigenvalue weighted by Gasteiger charge is 2.28. The number of carbonyl (C=O) groups excluding carboxylic acids is 3. The molecule has 3 unspecified atom stereocenters. The average Bonchev–Trinajstić information content (AvgIpc) is 2.78. The minimum atomic E-state index is -0.956. The van der Waals surface area contributed by atoms with Gasteiger partial charge in [0.15, 0.2) is 11.4 Å². The Balaban J connectivity index is 2.11. The van der Waals surface area contributed by atoms with Gasteiger partial charge in [0.2, 0.25) is 5.75 Å². The highest BCUT2D eigenvalue weighted by molar-refractivity contribution is 5.98. The molecule has 0 spiro atoms. The van der Waals surface area contributed by atoms with E-state index in [0.717, 1.165) is 11.1 Å². The molecule has 0 aliphatic carbocycles. The van der Waals surface area contributed by atoms with Crippen LogP contribution in [0.5, 0.6) is 11.5 Å². The van der Waals surface area contributed by atoms with Crippen molar-refractivity contribution in [1.82, 2.24) is 10.3 Å². The number of aromatic nitrogens is 1. The summed E-state index contributed by atoms with van der Waals surface area (Å²) in [5.41, 5.74) is 3.23. The molecule has 1 aromatic heterocycles. The van der Waals surface area contributed by atoms with E-state index in [9.17, 15) is 14.4 Å². The number of carbonyl (C=O) groups is 3. The largest absolute Gasteiger partial charge is 0.493 e. The zero-order chi connectivity index (χ0) is 25.6. The Labute approximate surface area is 201 Å². The van der Waals surface area contributed by atoms with Crippen LogP contribution in [-0.2, 0) is 14.3 Å². The lowest BCUT2D eigenvalue weighted by atomic mass is 9.91. The summed E-state index contributed by atoms with van der Waals surface area (Å²) in [5.74, 6) is -2.18. The lowest BCUT2D eigenvalue weighted by molar-refractivity contribution is -0.151. The molecule has 0 aliphatic heterocycles. The fourth-order valence-corrected chi connectivity index (χ4v) is 3.37. The monoisotopic (exact) mass is 470 g/mol. The van der Waals surface area contributed by atoms with Crippen molar-refractivity contribution in [3.8, 4) is 11.5 Å². The molecule has 0 saturated carbocycles. The van der Waals surface area contributed by atoms with Crippen LogP contribution in [0.4, 0.5) is 0 Å². The number of hydrogen-bond acceptors (Lipinski definition) is 7. The smallest absolute Gasteiger partial charge is 0.328 e. The summed E-state index contributed by atoms with van der Waals surface area (Å²) in [5, 5.41) is 2.57. The van der Waals surface area contributed by atoms with Gasteiger partial charge in [0.25, 0.3) is 5.91 Å². The summed E-state index contributed by atoms with van der Waals surface area (Å²) < 4.78 is 16.2. The predicted octanol–water partition coefficient (Wildman–Crippen LogP) is 4.12. The van der Waals surface area contributed by atoms with Gasteiger partial charge in [0.05, 0.1) is 13.0 Å². The molecule has 0 aliphatic rings. The summed E-state index contributed by atoms with van der Waals surface area (Å²) >= 11 is 0. The number of nitrogens with zero attached hydrogens (tertiary/aromatic N) is 1. The fourth-order valence-electron chi connectivity index (χ4n) is 3.37. The first-order chi connectivity index (χ1) is 16.0. The van der Waals surface area contributed by atoms with E-state index in [4.69, 9.17) is 14.2 Å². The van der Waals surface area contributed by atoms with Gasteiger partial charge in [-0.2, -0.15) is 0 Å². The van der Waals surface area contributed by atoms with Crippen LogP contribution >= 0.6 is 0 Å². The Kier molecular flexibility index (Phi) is 9.18. The number of nitrogens with one attached hydrogen (secondary N) is 1. The number of aryl methyl sites for hydroxylation is 2. The minimum Gasteiger partial charge on any atom is -0.493 e. The van der Waals surface area contributed by atoms with E-state index in [-0.39, 0.29) is 23.1 Å². The molecular formula is C26H34N2O6. The molecule has 3 atom stereocenters. The zero-order valence-corrected chi connectivity index (χ0v) is 21.1. The molecule has 1 amide bonds. The summed E-state index contributed by atoms with van der Waals surface area (Å²) in [6.07, 6.45) is 0.947. The number of ether oxygens (including phenoxy) is 3. The van der Waals surface area contributed by atoms with Gasteiger partial charge < -0.3 is 19.5 Å². The normalized spacial score (nSPS) is 13.6. The highest BCUT2D eigenvalue weighted by atomic mass is 16.6. The minimum absolute atomic E-state index is 0.0328. The van der Waals surface area contributed by atoms with Crippen LogP contribution in [0.1, 0.15) is 67.7 Å².